The lowest BCUT2D eigenvalue weighted by Crippen LogP contribution is -2.38. The van der Waals surface area contributed by atoms with E-state index in [1.807, 2.05) is 41.4 Å². The van der Waals surface area contributed by atoms with Crippen LogP contribution < -0.4 is 10.6 Å². The Hall–Kier alpha value is -2.89. The first-order valence-corrected chi connectivity index (χ1v) is 10.0. The predicted molar refractivity (Wildman–Crippen MR) is 112 cm³/mol. The molecule has 0 unspecified atom stereocenters. The molecule has 0 spiro atoms. The van der Waals surface area contributed by atoms with Gasteiger partial charge in [0, 0.05) is 50.9 Å². The molecular weight excluding hydrogens is 350 g/mol. The fourth-order valence-electron chi connectivity index (χ4n) is 3.30. The number of guanidine groups is 1. The zero-order valence-electron chi connectivity index (χ0n) is 16.5. The van der Waals surface area contributed by atoms with Gasteiger partial charge in [0.2, 0.25) is 5.91 Å². The second kappa shape index (κ2) is 10.4. The van der Waals surface area contributed by atoms with Crippen LogP contribution in [0.5, 0.6) is 0 Å². The molecule has 0 atom stereocenters. The van der Waals surface area contributed by atoms with Crippen molar-refractivity contribution in [2.75, 3.05) is 19.6 Å². The highest BCUT2D eigenvalue weighted by Crippen LogP contribution is 2.17. The lowest BCUT2D eigenvalue weighted by Gasteiger charge is -2.18. The van der Waals surface area contributed by atoms with Crippen LogP contribution in [-0.2, 0) is 24.3 Å². The molecule has 1 saturated heterocycles. The van der Waals surface area contributed by atoms with Crippen molar-refractivity contribution >= 4 is 11.9 Å². The molecule has 1 aliphatic rings. The van der Waals surface area contributed by atoms with Crippen LogP contribution in [-0.4, -0.2) is 41.4 Å². The van der Waals surface area contributed by atoms with Gasteiger partial charge >= 0.3 is 0 Å². The molecule has 0 saturated carbocycles. The molecule has 1 fully saturated rings. The minimum absolute atomic E-state index is 0.253. The number of hydrogen-bond acceptors (Lipinski definition) is 3. The van der Waals surface area contributed by atoms with Gasteiger partial charge in [-0.05, 0) is 36.6 Å². The van der Waals surface area contributed by atoms with Crippen LogP contribution in [0, 0.1) is 0 Å². The smallest absolute Gasteiger partial charge is 0.222 e. The number of nitrogens with one attached hydrogen (secondary N) is 2. The first kappa shape index (κ1) is 19.9. The number of likely N-dealkylation sites (tertiary alicyclic amines) is 1. The zero-order chi connectivity index (χ0) is 19.6. The average Bonchev–Trinajstić information content (AvgIpc) is 3.12. The number of amides is 1. The van der Waals surface area contributed by atoms with Gasteiger partial charge in [0.1, 0.15) is 0 Å². The van der Waals surface area contributed by atoms with Gasteiger partial charge in [-0.15, -0.1) is 0 Å². The third-order valence-corrected chi connectivity index (χ3v) is 4.80. The first-order valence-electron chi connectivity index (χ1n) is 10.0. The van der Waals surface area contributed by atoms with Gasteiger partial charge in [-0.1, -0.05) is 30.3 Å². The topological polar surface area (TPSA) is 69.6 Å². The van der Waals surface area contributed by atoms with E-state index in [0.717, 1.165) is 49.7 Å². The Balaban J connectivity index is 1.60. The molecule has 3 rings (SSSR count). The molecule has 6 heteroatoms. The molecule has 2 heterocycles. The van der Waals surface area contributed by atoms with Crippen LogP contribution in [0.4, 0.5) is 0 Å². The lowest BCUT2D eigenvalue weighted by atomic mass is 10.1. The SMILES string of the molecule is CCNC(=NCc1ccccc1CN1CCCC1=O)NCCc1ccccn1. The van der Waals surface area contributed by atoms with E-state index in [1.165, 1.54) is 5.56 Å². The standard InChI is InChI=1S/C22H29N5O/c1-2-23-22(25-14-12-20-10-5-6-13-24-20)26-16-18-8-3-4-9-19(18)17-27-15-7-11-21(27)28/h3-6,8-10,13H,2,7,11-12,14-17H2,1H3,(H2,23,25,26). The Morgan fingerprint density at radius 1 is 1.14 bits per heavy atom. The summed E-state index contributed by atoms with van der Waals surface area (Å²) < 4.78 is 0. The molecule has 0 bridgehead atoms. The molecule has 148 valence electrons. The van der Waals surface area contributed by atoms with E-state index in [2.05, 4.69) is 34.7 Å². The van der Waals surface area contributed by atoms with E-state index in [9.17, 15) is 4.79 Å². The fourth-order valence-corrected chi connectivity index (χ4v) is 3.30. The van der Waals surface area contributed by atoms with Crippen LogP contribution in [0.2, 0.25) is 0 Å². The highest BCUT2D eigenvalue weighted by atomic mass is 16.2. The van der Waals surface area contributed by atoms with Gasteiger partial charge in [0.05, 0.1) is 6.54 Å². The number of aliphatic imine (C=N–C) groups is 1. The van der Waals surface area contributed by atoms with Crippen LogP contribution in [0.1, 0.15) is 36.6 Å². The van der Waals surface area contributed by atoms with E-state index >= 15 is 0 Å². The summed E-state index contributed by atoms with van der Waals surface area (Å²) in [5.41, 5.74) is 3.39. The van der Waals surface area contributed by atoms with Crippen molar-refractivity contribution in [2.24, 2.45) is 4.99 Å². The van der Waals surface area contributed by atoms with Crippen molar-refractivity contribution in [1.29, 1.82) is 0 Å². The molecule has 0 aliphatic carbocycles. The van der Waals surface area contributed by atoms with Crippen molar-refractivity contribution in [1.82, 2.24) is 20.5 Å². The minimum Gasteiger partial charge on any atom is -0.357 e. The van der Waals surface area contributed by atoms with Crippen molar-refractivity contribution in [3.8, 4) is 0 Å². The average molecular weight is 380 g/mol. The number of benzene rings is 1. The number of rotatable bonds is 8. The maximum Gasteiger partial charge on any atom is 0.222 e. The number of nitrogens with zero attached hydrogens (tertiary/aromatic N) is 3. The van der Waals surface area contributed by atoms with Gasteiger partial charge in [-0.3, -0.25) is 9.78 Å². The summed E-state index contributed by atoms with van der Waals surface area (Å²) in [5, 5.41) is 6.67. The highest BCUT2D eigenvalue weighted by Gasteiger charge is 2.20. The summed E-state index contributed by atoms with van der Waals surface area (Å²) in [6.45, 7) is 5.74. The summed E-state index contributed by atoms with van der Waals surface area (Å²) in [7, 11) is 0. The number of aromatic nitrogens is 1. The Kier molecular flexibility index (Phi) is 7.41. The molecule has 2 N–H and O–H groups in total. The molecule has 0 radical (unpaired) electrons. The molecule has 1 aromatic carbocycles. The fraction of sp³-hybridized carbons (Fsp3) is 0.409. The van der Waals surface area contributed by atoms with Crippen LogP contribution in [0.3, 0.4) is 0 Å². The van der Waals surface area contributed by atoms with Gasteiger partial charge in [0.15, 0.2) is 5.96 Å². The van der Waals surface area contributed by atoms with Crippen LogP contribution in [0.25, 0.3) is 0 Å². The molecule has 1 aliphatic heterocycles. The second-order valence-electron chi connectivity index (χ2n) is 6.88. The monoisotopic (exact) mass is 379 g/mol. The Bertz CT molecular complexity index is 791. The summed E-state index contributed by atoms with van der Waals surface area (Å²) in [6, 6.07) is 14.2. The number of pyridine rings is 1. The zero-order valence-corrected chi connectivity index (χ0v) is 16.5. The first-order chi connectivity index (χ1) is 13.8. The van der Waals surface area contributed by atoms with E-state index in [0.29, 0.717) is 19.5 Å². The number of hydrogen-bond donors (Lipinski definition) is 2. The van der Waals surface area contributed by atoms with Crippen LogP contribution >= 0.6 is 0 Å². The van der Waals surface area contributed by atoms with Crippen molar-refractivity contribution < 1.29 is 4.79 Å². The maximum atomic E-state index is 11.9. The van der Waals surface area contributed by atoms with Crippen LogP contribution in [0.15, 0.2) is 53.7 Å². The molecule has 2 aromatic rings. The van der Waals surface area contributed by atoms with Gasteiger partial charge < -0.3 is 15.5 Å². The second-order valence-corrected chi connectivity index (χ2v) is 6.88. The predicted octanol–water partition coefficient (Wildman–Crippen LogP) is 2.50. The van der Waals surface area contributed by atoms with Crippen molar-refractivity contribution in [2.45, 2.75) is 39.3 Å². The summed E-state index contributed by atoms with van der Waals surface area (Å²) in [5.74, 6) is 1.05. The molecule has 1 aromatic heterocycles. The largest absolute Gasteiger partial charge is 0.357 e. The van der Waals surface area contributed by atoms with Gasteiger partial charge in [-0.25, -0.2) is 4.99 Å². The normalized spacial score (nSPS) is 14.4. The molecule has 6 nitrogen and oxygen atoms in total. The van der Waals surface area contributed by atoms with Crippen molar-refractivity contribution in [3.63, 3.8) is 0 Å². The molecular formula is C22H29N5O. The van der Waals surface area contributed by atoms with Gasteiger partial charge in [-0.2, -0.15) is 0 Å². The summed E-state index contributed by atoms with van der Waals surface area (Å²) in [4.78, 5) is 23.0. The number of carbonyl (C=O) groups is 1. The summed E-state index contributed by atoms with van der Waals surface area (Å²) in [6.07, 6.45) is 4.30. The lowest BCUT2D eigenvalue weighted by molar-refractivity contribution is -0.128. The highest BCUT2D eigenvalue weighted by molar-refractivity contribution is 5.80. The number of carbonyl (C=O) groups excluding carboxylic acids is 1. The Morgan fingerprint density at radius 3 is 2.68 bits per heavy atom. The Labute approximate surface area is 167 Å². The van der Waals surface area contributed by atoms with Crippen molar-refractivity contribution in [3.05, 3.63) is 65.5 Å². The maximum absolute atomic E-state index is 11.9. The molecule has 1 amide bonds. The molecule has 28 heavy (non-hydrogen) atoms. The third-order valence-electron chi connectivity index (χ3n) is 4.80. The summed E-state index contributed by atoms with van der Waals surface area (Å²) >= 11 is 0. The third kappa shape index (κ3) is 5.81. The quantitative estimate of drug-likeness (QED) is 0.546. The van der Waals surface area contributed by atoms with E-state index < -0.39 is 0 Å². The van der Waals surface area contributed by atoms with Gasteiger partial charge in [0.25, 0.3) is 0 Å². The minimum atomic E-state index is 0.253. The Morgan fingerprint density at radius 2 is 1.96 bits per heavy atom. The van der Waals surface area contributed by atoms with E-state index in [-0.39, 0.29) is 5.91 Å². The van der Waals surface area contributed by atoms with E-state index in [1.54, 1.807) is 0 Å². The van der Waals surface area contributed by atoms with E-state index in [4.69, 9.17) is 4.99 Å².